The quantitative estimate of drug-likeness (QED) is 0.927. The number of rotatable bonds is 4. The number of amides is 1. The first-order chi connectivity index (χ1) is 10.4. The fraction of sp³-hybridized carbons (Fsp3) is 0.333. The lowest BCUT2D eigenvalue weighted by molar-refractivity contribution is 0.102. The van der Waals surface area contributed by atoms with Crippen LogP contribution in [-0.2, 0) is 5.41 Å². The summed E-state index contributed by atoms with van der Waals surface area (Å²) >= 11 is 0. The van der Waals surface area contributed by atoms with Gasteiger partial charge in [0.2, 0.25) is 5.88 Å². The zero-order chi connectivity index (χ0) is 16.2. The average molecular weight is 298 g/mol. The number of anilines is 1. The van der Waals surface area contributed by atoms with Gasteiger partial charge in [0, 0.05) is 23.5 Å². The molecule has 0 saturated heterocycles. The molecule has 1 aromatic carbocycles. The third kappa shape index (κ3) is 3.85. The summed E-state index contributed by atoms with van der Waals surface area (Å²) in [5, 5.41) is 2.98. The minimum Gasteiger partial charge on any atom is -0.478 e. The number of nitrogens with one attached hydrogen (secondary N) is 1. The first kappa shape index (κ1) is 16.0. The monoisotopic (exact) mass is 298 g/mol. The molecule has 2 aromatic rings. The summed E-state index contributed by atoms with van der Waals surface area (Å²) in [5.74, 6) is 0.291. The Morgan fingerprint density at radius 1 is 1.23 bits per heavy atom. The Morgan fingerprint density at radius 2 is 1.95 bits per heavy atom. The highest BCUT2D eigenvalue weighted by molar-refractivity contribution is 6.04. The van der Waals surface area contributed by atoms with Crippen LogP contribution in [-0.4, -0.2) is 17.5 Å². The smallest absolute Gasteiger partial charge is 0.255 e. The molecule has 116 valence electrons. The van der Waals surface area contributed by atoms with E-state index in [2.05, 4.69) is 31.1 Å². The summed E-state index contributed by atoms with van der Waals surface area (Å²) < 4.78 is 5.33. The van der Waals surface area contributed by atoms with Gasteiger partial charge in [0.1, 0.15) is 0 Å². The van der Waals surface area contributed by atoms with E-state index >= 15 is 0 Å². The molecule has 0 unspecified atom stereocenters. The van der Waals surface area contributed by atoms with Crippen molar-refractivity contribution in [3.05, 3.63) is 53.7 Å². The molecule has 0 spiro atoms. The number of carbonyl (C=O) groups is 1. The van der Waals surface area contributed by atoms with Crippen molar-refractivity contribution in [3.8, 4) is 5.88 Å². The summed E-state index contributed by atoms with van der Waals surface area (Å²) in [5.41, 5.74) is 2.41. The summed E-state index contributed by atoms with van der Waals surface area (Å²) in [4.78, 5) is 16.5. The third-order valence-electron chi connectivity index (χ3n) is 3.27. The lowest BCUT2D eigenvalue weighted by Gasteiger charge is -2.23. The number of hydrogen-bond acceptors (Lipinski definition) is 3. The standard InChI is InChI=1S/C18H22N2O2/c1-5-22-16-12-13(10-11-19-16)17(21)20-15-9-7-6-8-14(15)18(2,3)4/h6-12H,5H2,1-4H3,(H,20,21). The normalized spacial score (nSPS) is 11.1. The molecule has 1 aromatic heterocycles. The minimum absolute atomic E-state index is 0.0431. The van der Waals surface area contributed by atoms with Crippen molar-refractivity contribution in [3.63, 3.8) is 0 Å². The van der Waals surface area contributed by atoms with Gasteiger partial charge in [-0.15, -0.1) is 0 Å². The van der Waals surface area contributed by atoms with Crippen molar-refractivity contribution in [2.45, 2.75) is 33.1 Å². The molecule has 4 heteroatoms. The zero-order valence-electron chi connectivity index (χ0n) is 13.5. The van der Waals surface area contributed by atoms with E-state index in [1.807, 2.05) is 31.2 Å². The first-order valence-corrected chi connectivity index (χ1v) is 7.41. The SMILES string of the molecule is CCOc1cc(C(=O)Nc2ccccc2C(C)(C)C)ccn1. The lowest BCUT2D eigenvalue weighted by Crippen LogP contribution is -2.18. The summed E-state index contributed by atoms with van der Waals surface area (Å²) in [7, 11) is 0. The molecule has 0 bridgehead atoms. The highest BCUT2D eigenvalue weighted by Gasteiger charge is 2.19. The Hall–Kier alpha value is -2.36. The second kappa shape index (κ2) is 6.60. The molecule has 0 radical (unpaired) electrons. The Labute approximate surface area is 131 Å². The van der Waals surface area contributed by atoms with Crippen molar-refractivity contribution in [2.75, 3.05) is 11.9 Å². The van der Waals surface area contributed by atoms with E-state index in [1.54, 1.807) is 18.3 Å². The van der Waals surface area contributed by atoms with E-state index in [-0.39, 0.29) is 11.3 Å². The van der Waals surface area contributed by atoms with Crippen molar-refractivity contribution in [1.82, 2.24) is 4.98 Å². The highest BCUT2D eigenvalue weighted by atomic mass is 16.5. The van der Waals surface area contributed by atoms with Gasteiger partial charge in [-0.05, 0) is 30.0 Å². The van der Waals surface area contributed by atoms with E-state index < -0.39 is 0 Å². The molecule has 1 amide bonds. The molecule has 1 N–H and O–H groups in total. The van der Waals surface area contributed by atoms with Crippen LogP contribution < -0.4 is 10.1 Å². The number of ether oxygens (including phenoxy) is 1. The molecule has 0 aliphatic carbocycles. The molecule has 0 fully saturated rings. The fourth-order valence-electron chi connectivity index (χ4n) is 2.22. The molecule has 0 aliphatic rings. The van der Waals surface area contributed by atoms with Crippen LogP contribution in [0.5, 0.6) is 5.88 Å². The molecule has 1 heterocycles. The Balaban J connectivity index is 2.24. The molecule has 2 rings (SSSR count). The van der Waals surface area contributed by atoms with Gasteiger partial charge < -0.3 is 10.1 Å². The fourth-order valence-corrected chi connectivity index (χ4v) is 2.22. The number of benzene rings is 1. The van der Waals surface area contributed by atoms with Gasteiger partial charge in [0.25, 0.3) is 5.91 Å². The van der Waals surface area contributed by atoms with Gasteiger partial charge in [-0.3, -0.25) is 4.79 Å². The van der Waals surface area contributed by atoms with Crippen LogP contribution >= 0.6 is 0 Å². The van der Waals surface area contributed by atoms with Crippen LogP contribution in [0.4, 0.5) is 5.69 Å². The van der Waals surface area contributed by atoms with E-state index in [1.165, 1.54) is 0 Å². The average Bonchev–Trinajstić information content (AvgIpc) is 2.47. The largest absolute Gasteiger partial charge is 0.478 e. The minimum atomic E-state index is -0.167. The number of nitrogens with zero attached hydrogens (tertiary/aromatic N) is 1. The van der Waals surface area contributed by atoms with Crippen LogP contribution in [0.1, 0.15) is 43.6 Å². The molecule has 4 nitrogen and oxygen atoms in total. The number of aromatic nitrogens is 1. The Bertz CT molecular complexity index is 660. The third-order valence-corrected chi connectivity index (χ3v) is 3.27. The summed E-state index contributed by atoms with van der Waals surface area (Å²) in [6.07, 6.45) is 1.58. The van der Waals surface area contributed by atoms with E-state index in [4.69, 9.17) is 4.74 Å². The van der Waals surface area contributed by atoms with E-state index in [0.29, 0.717) is 18.1 Å². The van der Waals surface area contributed by atoms with Crippen LogP contribution in [0.2, 0.25) is 0 Å². The van der Waals surface area contributed by atoms with Crippen molar-refractivity contribution in [1.29, 1.82) is 0 Å². The zero-order valence-corrected chi connectivity index (χ0v) is 13.5. The topological polar surface area (TPSA) is 51.2 Å². The lowest BCUT2D eigenvalue weighted by atomic mass is 9.86. The molecule has 22 heavy (non-hydrogen) atoms. The number of para-hydroxylation sites is 1. The predicted octanol–water partition coefficient (Wildman–Crippen LogP) is 4.03. The number of carbonyl (C=O) groups excluding carboxylic acids is 1. The second-order valence-corrected chi connectivity index (χ2v) is 6.07. The molecular weight excluding hydrogens is 276 g/mol. The molecule has 0 saturated carbocycles. The van der Waals surface area contributed by atoms with E-state index in [0.717, 1.165) is 11.3 Å². The predicted molar refractivity (Wildman–Crippen MR) is 88.5 cm³/mol. The van der Waals surface area contributed by atoms with Crippen LogP contribution in [0.3, 0.4) is 0 Å². The summed E-state index contributed by atoms with van der Waals surface area (Å²) in [6.45, 7) is 8.77. The first-order valence-electron chi connectivity index (χ1n) is 7.41. The van der Waals surface area contributed by atoms with Gasteiger partial charge in [0.15, 0.2) is 0 Å². The number of hydrogen-bond donors (Lipinski definition) is 1. The summed E-state index contributed by atoms with van der Waals surface area (Å²) in [6, 6.07) is 11.2. The molecular formula is C18H22N2O2. The van der Waals surface area contributed by atoms with Crippen molar-refractivity contribution >= 4 is 11.6 Å². The number of pyridine rings is 1. The van der Waals surface area contributed by atoms with Crippen LogP contribution in [0, 0.1) is 0 Å². The molecule has 0 atom stereocenters. The van der Waals surface area contributed by atoms with Crippen LogP contribution in [0.25, 0.3) is 0 Å². The maximum atomic E-state index is 12.5. The van der Waals surface area contributed by atoms with Gasteiger partial charge in [-0.1, -0.05) is 39.0 Å². The Kier molecular flexibility index (Phi) is 4.81. The van der Waals surface area contributed by atoms with Gasteiger partial charge in [0.05, 0.1) is 6.61 Å². The van der Waals surface area contributed by atoms with Crippen LogP contribution in [0.15, 0.2) is 42.6 Å². The second-order valence-electron chi connectivity index (χ2n) is 6.07. The van der Waals surface area contributed by atoms with Gasteiger partial charge in [-0.25, -0.2) is 4.98 Å². The maximum absolute atomic E-state index is 12.5. The van der Waals surface area contributed by atoms with Crippen molar-refractivity contribution in [2.24, 2.45) is 0 Å². The Morgan fingerprint density at radius 3 is 2.64 bits per heavy atom. The van der Waals surface area contributed by atoms with Crippen molar-refractivity contribution < 1.29 is 9.53 Å². The van der Waals surface area contributed by atoms with E-state index in [9.17, 15) is 4.79 Å². The highest BCUT2D eigenvalue weighted by Crippen LogP contribution is 2.29. The van der Waals surface area contributed by atoms with Gasteiger partial charge >= 0.3 is 0 Å². The molecule has 0 aliphatic heterocycles. The van der Waals surface area contributed by atoms with Gasteiger partial charge in [-0.2, -0.15) is 0 Å². The maximum Gasteiger partial charge on any atom is 0.255 e.